The Morgan fingerprint density at radius 3 is 2.83 bits per heavy atom. The van der Waals surface area contributed by atoms with Gasteiger partial charge < -0.3 is 5.73 Å². The molecule has 1 aliphatic carbocycles. The third-order valence-corrected chi connectivity index (χ3v) is 5.01. The maximum absolute atomic E-state index is 13.3. The summed E-state index contributed by atoms with van der Waals surface area (Å²) in [6, 6.07) is 6.18. The average molecular weight is 313 g/mol. The molecule has 1 saturated heterocycles. The first-order chi connectivity index (χ1) is 8.69. The standard InChI is InChI=1S/C14H18BrFN2/c15-12-6-10(2-4-13(12)16)14(7-17)18-8-9-1-3-11(18)5-9/h2,4,6,9,11,14H,1,3,5,7-8,17H2. The summed E-state index contributed by atoms with van der Waals surface area (Å²) in [7, 11) is 0. The first-order valence-electron chi connectivity index (χ1n) is 6.60. The normalized spacial score (nSPS) is 28.8. The molecule has 18 heavy (non-hydrogen) atoms. The molecule has 2 nitrogen and oxygen atoms in total. The van der Waals surface area contributed by atoms with Gasteiger partial charge >= 0.3 is 0 Å². The number of nitrogens with two attached hydrogens (primary N) is 1. The lowest BCUT2D eigenvalue weighted by Crippen LogP contribution is -2.39. The summed E-state index contributed by atoms with van der Waals surface area (Å²) in [4.78, 5) is 2.52. The average Bonchev–Trinajstić information content (AvgIpc) is 2.97. The molecule has 2 bridgehead atoms. The van der Waals surface area contributed by atoms with Crippen LogP contribution in [0, 0.1) is 11.7 Å². The minimum absolute atomic E-state index is 0.211. The second-order valence-corrected chi connectivity index (χ2v) is 6.31. The summed E-state index contributed by atoms with van der Waals surface area (Å²) in [5, 5.41) is 0. The second kappa shape index (κ2) is 4.91. The molecular weight excluding hydrogens is 295 g/mol. The molecule has 2 fully saturated rings. The van der Waals surface area contributed by atoms with E-state index in [1.807, 2.05) is 12.1 Å². The van der Waals surface area contributed by atoms with Gasteiger partial charge in [-0.25, -0.2) is 4.39 Å². The molecule has 0 radical (unpaired) electrons. The Bertz CT molecular complexity index is 451. The number of rotatable bonds is 3. The molecule has 3 unspecified atom stereocenters. The molecular formula is C14H18BrFN2. The van der Waals surface area contributed by atoms with Crippen molar-refractivity contribution in [2.75, 3.05) is 13.1 Å². The molecule has 98 valence electrons. The molecule has 3 rings (SSSR count). The first-order valence-corrected chi connectivity index (χ1v) is 7.39. The maximum atomic E-state index is 13.3. The van der Waals surface area contributed by atoms with E-state index in [2.05, 4.69) is 20.8 Å². The number of piperidine rings is 1. The fourth-order valence-corrected chi connectivity index (χ4v) is 3.92. The van der Waals surface area contributed by atoms with Crippen LogP contribution in [0.5, 0.6) is 0 Å². The molecule has 1 saturated carbocycles. The highest BCUT2D eigenvalue weighted by molar-refractivity contribution is 9.10. The van der Waals surface area contributed by atoms with E-state index in [9.17, 15) is 4.39 Å². The van der Waals surface area contributed by atoms with Crippen LogP contribution in [0.15, 0.2) is 22.7 Å². The molecule has 1 aromatic carbocycles. The van der Waals surface area contributed by atoms with E-state index in [4.69, 9.17) is 5.73 Å². The number of hydrogen-bond donors (Lipinski definition) is 1. The Hall–Kier alpha value is -0.450. The van der Waals surface area contributed by atoms with E-state index >= 15 is 0 Å². The van der Waals surface area contributed by atoms with Gasteiger partial charge in [-0.15, -0.1) is 0 Å². The van der Waals surface area contributed by atoms with Gasteiger partial charge in [0, 0.05) is 25.2 Å². The van der Waals surface area contributed by atoms with Crippen LogP contribution in [-0.4, -0.2) is 24.0 Å². The third-order valence-electron chi connectivity index (χ3n) is 4.40. The molecule has 0 aromatic heterocycles. The number of fused-ring (bicyclic) bond motifs is 2. The van der Waals surface area contributed by atoms with E-state index in [-0.39, 0.29) is 11.9 Å². The van der Waals surface area contributed by atoms with Crippen molar-refractivity contribution in [3.63, 3.8) is 0 Å². The molecule has 4 heteroatoms. The summed E-state index contributed by atoms with van der Waals surface area (Å²) in [5.74, 6) is 0.644. The number of halogens is 2. The predicted octanol–water partition coefficient (Wildman–Crippen LogP) is 3.07. The van der Waals surface area contributed by atoms with E-state index in [1.165, 1.54) is 25.3 Å². The van der Waals surface area contributed by atoms with Crippen molar-refractivity contribution in [2.24, 2.45) is 11.7 Å². The van der Waals surface area contributed by atoms with Crippen LogP contribution in [0.1, 0.15) is 30.9 Å². The van der Waals surface area contributed by atoms with Crippen LogP contribution in [0.2, 0.25) is 0 Å². The van der Waals surface area contributed by atoms with Crippen LogP contribution >= 0.6 is 15.9 Å². The molecule has 2 N–H and O–H groups in total. The summed E-state index contributed by atoms with van der Waals surface area (Å²) in [5.41, 5.74) is 7.08. The fraction of sp³-hybridized carbons (Fsp3) is 0.571. The van der Waals surface area contributed by atoms with Gasteiger partial charge in [0.2, 0.25) is 0 Å². The van der Waals surface area contributed by atoms with E-state index in [0.717, 1.165) is 18.0 Å². The quantitative estimate of drug-likeness (QED) is 0.929. The van der Waals surface area contributed by atoms with Gasteiger partial charge in [-0.05, 0) is 58.8 Å². The summed E-state index contributed by atoms with van der Waals surface area (Å²) in [6.07, 6.45) is 3.98. The van der Waals surface area contributed by atoms with E-state index in [0.29, 0.717) is 17.1 Å². The molecule has 1 aromatic rings. The lowest BCUT2D eigenvalue weighted by Gasteiger charge is -2.34. The van der Waals surface area contributed by atoms with Crippen molar-refractivity contribution in [3.8, 4) is 0 Å². The van der Waals surface area contributed by atoms with Crippen molar-refractivity contribution in [1.82, 2.24) is 4.90 Å². The molecule has 1 heterocycles. The Kier molecular flexibility index (Phi) is 3.43. The monoisotopic (exact) mass is 312 g/mol. The molecule has 3 atom stereocenters. The third kappa shape index (κ3) is 2.10. The minimum atomic E-state index is -0.211. The summed E-state index contributed by atoms with van der Waals surface area (Å²) < 4.78 is 13.8. The van der Waals surface area contributed by atoms with E-state index in [1.54, 1.807) is 0 Å². The Morgan fingerprint density at radius 2 is 2.28 bits per heavy atom. The van der Waals surface area contributed by atoms with Gasteiger partial charge in [-0.3, -0.25) is 4.90 Å². The Labute approximate surface area is 115 Å². The fourth-order valence-electron chi connectivity index (χ4n) is 3.53. The Morgan fingerprint density at radius 1 is 1.44 bits per heavy atom. The van der Waals surface area contributed by atoms with Crippen LogP contribution in [0.3, 0.4) is 0 Å². The number of benzene rings is 1. The van der Waals surface area contributed by atoms with Gasteiger partial charge in [0.25, 0.3) is 0 Å². The van der Waals surface area contributed by atoms with Gasteiger partial charge in [-0.1, -0.05) is 6.07 Å². The smallest absolute Gasteiger partial charge is 0.137 e. The van der Waals surface area contributed by atoms with Crippen molar-refractivity contribution >= 4 is 15.9 Å². The van der Waals surface area contributed by atoms with Crippen LogP contribution in [0.4, 0.5) is 4.39 Å². The van der Waals surface area contributed by atoms with Gasteiger partial charge in [0.1, 0.15) is 5.82 Å². The van der Waals surface area contributed by atoms with Crippen molar-refractivity contribution in [3.05, 3.63) is 34.1 Å². The van der Waals surface area contributed by atoms with Gasteiger partial charge in [-0.2, -0.15) is 0 Å². The van der Waals surface area contributed by atoms with Crippen molar-refractivity contribution < 1.29 is 4.39 Å². The van der Waals surface area contributed by atoms with Crippen LogP contribution in [0.25, 0.3) is 0 Å². The molecule has 0 amide bonds. The minimum Gasteiger partial charge on any atom is -0.329 e. The van der Waals surface area contributed by atoms with Crippen molar-refractivity contribution in [2.45, 2.75) is 31.3 Å². The predicted molar refractivity (Wildman–Crippen MR) is 73.7 cm³/mol. The Balaban J connectivity index is 1.85. The molecule has 0 spiro atoms. The topological polar surface area (TPSA) is 29.3 Å². The second-order valence-electron chi connectivity index (χ2n) is 5.45. The number of hydrogen-bond acceptors (Lipinski definition) is 2. The maximum Gasteiger partial charge on any atom is 0.137 e. The SMILES string of the molecule is NCC(c1ccc(F)c(Br)c1)N1CC2CCC1C2. The summed E-state index contributed by atoms with van der Waals surface area (Å²) in [6.45, 7) is 1.75. The van der Waals surface area contributed by atoms with E-state index < -0.39 is 0 Å². The summed E-state index contributed by atoms with van der Waals surface area (Å²) >= 11 is 3.26. The van der Waals surface area contributed by atoms with Crippen LogP contribution in [-0.2, 0) is 0 Å². The van der Waals surface area contributed by atoms with Gasteiger partial charge in [0.05, 0.1) is 4.47 Å². The zero-order valence-corrected chi connectivity index (χ0v) is 11.9. The van der Waals surface area contributed by atoms with Crippen molar-refractivity contribution in [1.29, 1.82) is 0 Å². The molecule has 2 aliphatic rings. The van der Waals surface area contributed by atoms with Gasteiger partial charge in [0.15, 0.2) is 0 Å². The zero-order valence-electron chi connectivity index (χ0n) is 10.3. The van der Waals surface area contributed by atoms with Crippen LogP contribution < -0.4 is 5.73 Å². The first kappa shape index (κ1) is 12.6. The number of nitrogens with zero attached hydrogens (tertiary/aromatic N) is 1. The highest BCUT2D eigenvalue weighted by Crippen LogP contribution is 2.42. The largest absolute Gasteiger partial charge is 0.329 e. The molecule has 1 aliphatic heterocycles. The zero-order chi connectivity index (χ0) is 12.7. The lowest BCUT2D eigenvalue weighted by atomic mass is 10.0. The highest BCUT2D eigenvalue weighted by atomic mass is 79.9. The highest BCUT2D eigenvalue weighted by Gasteiger charge is 2.40. The lowest BCUT2D eigenvalue weighted by molar-refractivity contribution is 0.153. The number of likely N-dealkylation sites (tertiary alicyclic amines) is 1.